The zero-order valence-corrected chi connectivity index (χ0v) is 16.5. The number of carbonyl (C=O) groups is 1. The van der Waals surface area contributed by atoms with Crippen LogP contribution in [0, 0.1) is 0 Å². The van der Waals surface area contributed by atoms with Gasteiger partial charge in [0.1, 0.15) is 16.5 Å². The van der Waals surface area contributed by atoms with Gasteiger partial charge in [-0.1, -0.05) is 36.0 Å². The van der Waals surface area contributed by atoms with Crippen LogP contribution in [0.5, 0.6) is 5.75 Å². The number of hydrogen-bond acceptors (Lipinski definition) is 7. The highest BCUT2D eigenvalue weighted by molar-refractivity contribution is 7.99. The summed E-state index contributed by atoms with van der Waals surface area (Å²) in [6.45, 7) is 0.408. The van der Waals surface area contributed by atoms with Gasteiger partial charge < -0.3 is 10.1 Å². The maximum Gasteiger partial charge on any atom is 0.230 e. The first-order chi connectivity index (χ1) is 14.2. The topological polar surface area (TPSA) is 94.3 Å². The molecule has 0 unspecified atom stereocenters. The molecule has 29 heavy (non-hydrogen) atoms. The number of nitrogens with zero attached hydrogens (tertiary/aromatic N) is 5. The second-order valence-corrected chi connectivity index (χ2v) is 7.05. The Morgan fingerprint density at radius 2 is 1.97 bits per heavy atom. The number of nitrogens with one attached hydrogen (secondary N) is 1. The van der Waals surface area contributed by atoms with Gasteiger partial charge in [-0.15, -0.1) is 10.2 Å². The van der Waals surface area contributed by atoms with E-state index >= 15 is 0 Å². The van der Waals surface area contributed by atoms with Crippen LogP contribution in [0.15, 0.2) is 65.8 Å². The summed E-state index contributed by atoms with van der Waals surface area (Å²) in [5.41, 5.74) is 2.23. The number of ether oxygens (including phenoxy) is 1. The predicted octanol–water partition coefficient (Wildman–Crippen LogP) is 2.60. The highest BCUT2D eigenvalue weighted by Gasteiger charge is 2.12. The van der Waals surface area contributed by atoms with Crippen molar-refractivity contribution in [1.29, 1.82) is 0 Å². The normalized spacial score (nSPS) is 10.8. The minimum absolute atomic E-state index is 0.0866. The smallest absolute Gasteiger partial charge is 0.230 e. The predicted molar refractivity (Wildman–Crippen MR) is 110 cm³/mol. The lowest BCUT2D eigenvalue weighted by atomic mass is 10.2. The van der Waals surface area contributed by atoms with Crippen LogP contribution in [0.2, 0.25) is 0 Å². The average molecular weight is 406 g/mol. The van der Waals surface area contributed by atoms with E-state index in [0.717, 1.165) is 11.3 Å². The molecule has 0 bridgehead atoms. The van der Waals surface area contributed by atoms with Gasteiger partial charge >= 0.3 is 0 Å². The highest BCUT2D eigenvalue weighted by atomic mass is 32.2. The summed E-state index contributed by atoms with van der Waals surface area (Å²) in [4.78, 5) is 16.5. The van der Waals surface area contributed by atoms with Crippen LogP contribution in [0.4, 0.5) is 0 Å². The third-order valence-electron chi connectivity index (χ3n) is 4.15. The molecule has 0 saturated heterocycles. The van der Waals surface area contributed by atoms with Crippen molar-refractivity contribution in [3.8, 4) is 17.3 Å². The summed E-state index contributed by atoms with van der Waals surface area (Å²) >= 11 is 1.34. The maximum atomic E-state index is 12.2. The lowest BCUT2D eigenvalue weighted by molar-refractivity contribution is -0.118. The molecule has 3 heterocycles. The first-order valence-electron chi connectivity index (χ1n) is 8.90. The van der Waals surface area contributed by atoms with Crippen LogP contribution in [0.25, 0.3) is 17.2 Å². The Labute approximate surface area is 171 Å². The van der Waals surface area contributed by atoms with Crippen LogP contribution in [0.1, 0.15) is 5.56 Å². The Kier molecular flexibility index (Phi) is 5.66. The second-order valence-electron chi connectivity index (χ2n) is 6.06. The molecule has 4 rings (SSSR count). The second kappa shape index (κ2) is 8.70. The van der Waals surface area contributed by atoms with Crippen molar-refractivity contribution in [3.05, 3.63) is 66.4 Å². The van der Waals surface area contributed by atoms with Gasteiger partial charge in [-0.2, -0.15) is 9.61 Å². The van der Waals surface area contributed by atoms with Gasteiger partial charge in [0.2, 0.25) is 11.7 Å². The number of benzene rings is 1. The van der Waals surface area contributed by atoms with E-state index in [0.29, 0.717) is 28.7 Å². The zero-order valence-electron chi connectivity index (χ0n) is 15.6. The fraction of sp³-hybridized carbons (Fsp3) is 0.150. The largest absolute Gasteiger partial charge is 0.496 e. The summed E-state index contributed by atoms with van der Waals surface area (Å²) in [6, 6.07) is 16.8. The standard InChI is InChI=1S/C20H18N6O2S/c1-28-16-8-3-2-6-14(16)12-22-18(27)13-29-19-10-9-17-23-24-20(26(17)25-19)15-7-4-5-11-21-15/h2-11H,12-13H2,1H3,(H,22,27). The highest BCUT2D eigenvalue weighted by Crippen LogP contribution is 2.20. The molecule has 0 aliphatic rings. The van der Waals surface area contributed by atoms with Crippen LogP contribution in [-0.2, 0) is 11.3 Å². The summed E-state index contributed by atoms with van der Waals surface area (Å²) < 4.78 is 6.94. The third kappa shape index (κ3) is 4.35. The van der Waals surface area contributed by atoms with Crippen molar-refractivity contribution in [2.45, 2.75) is 11.6 Å². The lowest BCUT2D eigenvalue weighted by Gasteiger charge is -2.09. The number of rotatable bonds is 7. The lowest BCUT2D eigenvalue weighted by Crippen LogP contribution is -2.24. The zero-order chi connectivity index (χ0) is 20.1. The number of para-hydroxylation sites is 1. The molecule has 146 valence electrons. The van der Waals surface area contributed by atoms with Crippen LogP contribution < -0.4 is 10.1 Å². The van der Waals surface area contributed by atoms with Gasteiger partial charge in [0.05, 0.1) is 12.9 Å². The molecule has 0 spiro atoms. The van der Waals surface area contributed by atoms with Crippen molar-refractivity contribution in [2.24, 2.45) is 0 Å². The van der Waals surface area contributed by atoms with E-state index in [2.05, 4.69) is 25.6 Å². The van der Waals surface area contributed by atoms with E-state index in [-0.39, 0.29) is 11.7 Å². The monoisotopic (exact) mass is 406 g/mol. The van der Waals surface area contributed by atoms with E-state index < -0.39 is 0 Å². The Balaban J connectivity index is 1.41. The van der Waals surface area contributed by atoms with Crippen molar-refractivity contribution < 1.29 is 9.53 Å². The fourth-order valence-electron chi connectivity index (χ4n) is 2.74. The number of carbonyl (C=O) groups excluding carboxylic acids is 1. The number of fused-ring (bicyclic) bond motifs is 1. The van der Waals surface area contributed by atoms with Crippen LogP contribution >= 0.6 is 11.8 Å². The van der Waals surface area contributed by atoms with E-state index in [1.165, 1.54) is 11.8 Å². The minimum atomic E-state index is -0.0866. The number of methoxy groups -OCH3 is 1. The number of hydrogen-bond donors (Lipinski definition) is 1. The molecule has 1 amide bonds. The Morgan fingerprint density at radius 3 is 2.79 bits per heavy atom. The summed E-state index contributed by atoms with van der Waals surface area (Å²) in [5.74, 6) is 1.47. The Bertz CT molecular complexity index is 1130. The number of pyridine rings is 1. The SMILES string of the molecule is COc1ccccc1CNC(=O)CSc1ccc2nnc(-c3ccccn3)n2n1. The summed E-state index contributed by atoms with van der Waals surface area (Å²) in [5, 5.41) is 16.4. The quantitative estimate of drug-likeness (QED) is 0.472. The molecule has 1 aromatic carbocycles. The molecule has 9 heteroatoms. The van der Waals surface area contributed by atoms with Gasteiger partial charge in [-0.25, -0.2) is 0 Å². The van der Waals surface area contributed by atoms with Gasteiger partial charge in [-0.05, 0) is 30.3 Å². The number of aromatic nitrogens is 5. The van der Waals surface area contributed by atoms with Gasteiger partial charge in [0, 0.05) is 18.3 Å². The van der Waals surface area contributed by atoms with Gasteiger partial charge in [0.25, 0.3) is 0 Å². The molecule has 4 aromatic rings. The molecule has 0 aliphatic heterocycles. The van der Waals surface area contributed by atoms with Crippen LogP contribution in [-0.4, -0.2) is 43.6 Å². The van der Waals surface area contributed by atoms with Crippen molar-refractivity contribution in [2.75, 3.05) is 12.9 Å². The summed E-state index contributed by atoms with van der Waals surface area (Å²) in [7, 11) is 1.61. The molecule has 8 nitrogen and oxygen atoms in total. The number of thioether (sulfide) groups is 1. The van der Waals surface area contributed by atoms with E-state index in [4.69, 9.17) is 4.74 Å². The molecule has 3 aromatic heterocycles. The van der Waals surface area contributed by atoms with Crippen LogP contribution in [0.3, 0.4) is 0 Å². The molecular weight excluding hydrogens is 388 g/mol. The van der Waals surface area contributed by atoms with Crippen molar-refractivity contribution >= 4 is 23.3 Å². The first kappa shape index (κ1) is 18.9. The molecule has 1 N–H and O–H groups in total. The van der Waals surface area contributed by atoms with Crippen molar-refractivity contribution in [1.82, 2.24) is 30.1 Å². The molecule has 0 aliphatic carbocycles. The molecular formula is C20H18N6O2S. The molecule has 0 fully saturated rings. The fourth-order valence-corrected chi connectivity index (χ4v) is 3.42. The Morgan fingerprint density at radius 1 is 1.10 bits per heavy atom. The molecule has 0 saturated carbocycles. The minimum Gasteiger partial charge on any atom is -0.496 e. The van der Waals surface area contributed by atoms with E-state index in [9.17, 15) is 4.79 Å². The summed E-state index contributed by atoms with van der Waals surface area (Å²) in [6.07, 6.45) is 1.70. The third-order valence-corrected chi connectivity index (χ3v) is 5.07. The van der Waals surface area contributed by atoms with E-state index in [1.807, 2.05) is 54.6 Å². The Hall–Kier alpha value is -3.46. The van der Waals surface area contributed by atoms with E-state index in [1.54, 1.807) is 17.8 Å². The first-order valence-corrected chi connectivity index (χ1v) is 9.88. The maximum absolute atomic E-state index is 12.2. The molecule has 0 atom stereocenters. The molecule has 0 radical (unpaired) electrons. The number of amides is 1. The van der Waals surface area contributed by atoms with Gasteiger partial charge in [0.15, 0.2) is 5.65 Å². The average Bonchev–Trinajstić information content (AvgIpc) is 3.20. The van der Waals surface area contributed by atoms with Gasteiger partial charge in [-0.3, -0.25) is 9.78 Å². The van der Waals surface area contributed by atoms with Crippen molar-refractivity contribution in [3.63, 3.8) is 0 Å².